The zero-order valence-corrected chi connectivity index (χ0v) is 11.9. The van der Waals surface area contributed by atoms with Gasteiger partial charge in [0.2, 0.25) is 5.72 Å². The quantitative estimate of drug-likeness (QED) is 0.931. The van der Waals surface area contributed by atoms with Crippen molar-refractivity contribution in [3.05, 3.63) is 29.8 Å². The molecule has 1 atom stereocenters. The van der Waals surface area contributed by atoms with E-state index in [9.17, 15) is 18.7 Å². The van der Waals surface area contributed by atoms with E-state index in [4.69, 9.17) is 4.74 Å². The minimum absolute atomic E-state index is 0.107. The van der Waals surface area contributed by atoms with Crippen LogP contribution in [-0.2, 0) is 0 Å². The summed E-state index contributed by atoms with van der Waals surface area (Å²) >= 11 is 0. The molecule has 7 heteroatoms. The van der Waals surface area contributed by atoms with Crippen LogP contribution in [0.3, 0.4) is 0 Å². The number of carbonyl (C=O) groups is 1. The number of hydrazone groups is 1. The van der Waals surface area contributed by atoms with Gasteiger partial charge in [0.15, 0.2) is 0 Å². The first-order valence-corrected chi connectivity index (χ1v) is 6.32. The second kappa shape index (κ2) is 5.07. The number of halogens is 2. The summed E-state index contributed by atoms with van der Waals surface area (Å²) in [5.41, 5.74) is -2.29. The Balaban J connectivity index is 2.40. The number of rotatable bonds is 3. The van der Waals surface area contributed by atoms with Crippen LogP contribution in [0.1, 0.15) is 30.6 Å². The number of amides is 1. The Labute approximate surface area is 120 Å². The molecule has 5 nitrogen and oxygen atoms in total. The normalized spacial score (nSPS) is 22.2. The maximum Gasteiger partial charge on any atom is 0.294 e. The molecule has 0 fully saturated rings. The molecule has 1 aromatic rings. The highest BCUT2D eigenvalue weighted by Gasteiger charge is 2.58. The standard InChI is InChI=1S/C14H16F2N2O3/c1-9-8-14(20,13(2,15)16)18(17-9)12(19)10-5-4-6-11(7-10)21-3/h4-7,20H,8H2,1-3H3/t14-/m1/s1. The van der Waals surface area contributed by atoms with E-state index in [2.05, 4.69) is 5.10 Å². The molecule has 0 saturated heterocycles. The van der Waals surface area contributed by atoms with Gasteiger partial charge in [-0.2, -0.15) is 10.1 Å². The summed E-state index contributed by atoms with van der Waals surface area (Å²) in [4.78, 5) is 12.4. The lowest BCUT2D eigenvalue weighted by Crippen LogP contribution is -2.57. The first-order valence-electron chi connectivity index (χ1n) is 6.32. The van der Waals surface area contributed by atoms with Crippen LogP contribution in [0.4, 0.5) is 8.78 Å². The van der Waals surface area contributed by atoms with Crippen molar-refractivity contribution in [1.82, 2.24) is 5.01 Å². The van der Waals surface area contributed by atoms with Gasteiger partial charge in [-0.25, -0.2) is 8.78 Å². The van der Waals surface area contributed by atoms with Crippen molar-refractivity contribution in [2.75, 3.05) is 7.11 Å². The monoisotopic (exact) mass is 298 g/mol. The Bertz CT molecular complexity index is 598. The summed E-state index contributed by atoms with van der Waals surface area (Å²) in [6.45, 7) is 2.04. The Hall–Kier alpha value is -2.02. The fraction of sp³-hybridized carbons (Fsp3) is 0.429. The molecule has 0 spiro atoms. The number of methoxy groups -OCH3 is 1. The largest absolute Gasteiger partial charge is 0.497 e. The van der Waals surface area contributed by atoms with Crippen molar-refractivity contribution in [1.29, 1.82) is 0 Å². The zero-order chi connectivity index (χ0) is 15.8. The zero-order valence-electron chi connectivity index (χ0n) is 11.9. The minimum Gasteiger partial charge on any atom is -0.497 e. The van der Waals surface area contributed by atoms with E-state index in [1.165, 1.54) is 26.2 Å². The summed E-state index contributed by atoms with van der Waals surface area (Å²) in [7, 11) is 1.43. The van der Waals surface area contributed by atoms with Crippen molar-refractivity contribution in [3.63, 3.8) is 0 Å². The Morgan fingerprint density at radius 2 is 2.19 bits per heavy atom. The Morgan fingerprint density at radius 3 is 2.76 bits per heavy atom. The molecule has 0 aromatic heterocycles. The molecule has 1 aliphatic rings. The molecule has 1 heterocycles. The second-order valence-corrected chi connectivity index (χ2v) is 5.07. The third-order valence-electron chi connectivity index (χ3n) is 3.34. The molecule has 0 aliphatic carbocycles. The van der Waals surface area contributed by atoms with Gasteiger partial charge in [0.25, 0.3) is 11.8 Å². The van der Waals surface area contributed by atoms with Crippen molar-refractivity contribution < 1.29 is 23.4 Å². The maximum absolute atomic E-state index is 13.7. The SMILES string of the molecule is COc1cccc(C(=O)N2N=C(C)C[C@@]2(O)C(C)(F)F)c1. The number of carbonyl (C=O) groups excluding carboxylic acids is 1. The summed E-state index contributed by atoms with van der Waals surface area (Å²) in [6, 6.07) is 6.03. The molecule has 0 saturated carbocycles. The second-order valence-electron chi connectivity index (χ2n) is 5.07. The molecular formula is C14H16F2N2O3. The van der Waals surface area contributed by atoms with Crippen molar-refractivity contribution >= 4 is 11.6 Å². The number of ether oxygens (including phenoxy) is 1. The molecule has 1 N–H and O–H groups in total. The molecule has 0 unspecified atom stereocenters. The molecule has 0 bridgehead atoms. The molecular weight excluding hydrogens is 282 g/mol. The Morgan fingerprint density at radius 1 is 1.52 bits per heavy atom. The summed E-state index contributed by atoms with van der Waals surface area (Å²) < 4.78 is 32.4. The number of aliphatic hydroxyl groups is 1. The van der Waals surface area contributed by atoms with Crippen LogP contribution in [0.2, 0.25) is 0 Å². The number of nitrogens with zero attached hydrogens (tertiary/aromatic N) is 2. The third-order valence-corrected chi connectivity index (χ3v) is 3.34. The van der Waals surface area contributed by atoms with Gasteiger partial charge in [0, 0.05) is 24.6 Å². The van der Waals surface area contributed by atoms with E-state index in [-0.39, 0.29) is 11.3 Å². The van der Waals surface area contributed by atoms with E-state index in [1.54, 1.807) is 12.1 Å². The minimum atomic E-state index is -3.51. The highest BCUT2D eigenvalue weighted by molar-refractivity contribution is 5.98. The van der Waals surface area contributed by atoms with Gasteiger partial charge in [0.05, 0.1) is 7.11 Å². The maximum atomic E-state index is 13.7. The lowest BCUT2D eigenvalue weighted by Gasteiger charge is -2.35. The summed E-state index contributed by atoms with van der Waals surface area (Å²) in [5.74, 6) is -3.91. The molecule has 1 aliphatic heterocycles. The predicted octanol–water partition coefficient (Wildman–Crippen LogP) is 2.26. The molecule has 1 aromatic carbocycles. The fourth-order valence-corrected chi connectivity index (χ4v) is 2.15. The number of benzene rings is 1. The molecule has 21 heavy (non-hydrogen) atoms. The smallest absolute Gasteiger partial charge is 0.294 e. The van der Waals surface area contributed by atoms with Gasteiger partial charge in [-0.1, -0.05) is 6.07 Å². The predicted molar refractivity (Wildman–Crippen MR) is 72.5 cm³/mol. The van der Waals surface area contributed by atoms with E-state index in [0.717, 1.165) is 0 Å². The van der Waals surface area contributed by atoms with Crippen LogP contribution in [0.5, 0.6) is 5.75 Å². The van der Waals surface area contributed by atoms with Gasteiger partial charge >= 0.3 is 0 Å². The summed E-state index contributed by atoms with van der Waals surface area (Å²) in [5, 5.41) is 14.5. The van der Waals surface area contributed by atoms with E-state index in [0.29, 0.717) is 17.7 Å². The first kappa shape index (κ1) is 15.4. The topological polar surface area (TPSA) is 62.1 Å². The molecule has 0 radical (unpaired) electrons. The van der Waals surface area contributed by atoms with Crippen LogP contribution in [0.15, 0.2) is 29.4 Å². The average molecular weight is 298 g/mol. The number of hydrogen-bond acceptors (Lipinski definition) is 4. The van der Waals surface area contributed by atoms with E-state index >= 15 is 0 Å². The van der Waals surface area contributed by atoms with Crippen LogP contribution in [0, 0.1) is 0 Å². The van der Waals surface area contributed by atoms with Gasteiger partial charge in [-0.05, 0) is 25.1 Å². The third kappa shape index (κ3) is 2.61. The Kier molecular flexibility index (Phi) is 3.71. The van der Waals surface area contributed by atoms with Gasteiger partial charge in [0.1, 0.15) is 5.75 Å². The van der Waals surface area contributed by atoms with E-state index in [1.807, 2.05) is 0 Å². The van der Waals surface area contributed by atoms with Crippen LogP contribution < -0.4 is 4.74 Å². The van der Waals surface area contributed by atoms with Gasteiger partial charge < -0.3 is 9.84 Å². The highest BCUT2D eigenvalue weighted by Crippen LogP contribution is 2.39. The van der Waals surface area contributed by atoms with Crippen LogP contribution in [0.25, 0.3) is 0 Å². The highest BCUT2D eigenvalue weighted by atomic mass is 19.3. The van der Waals surface area contributed by atoms with E-state index < -0.39 is 24.0 Å². The lowest BCUT2D eigenvalue weighted by molar-refractivity contribution is -0.222. The van der Waals surface area contributed by atoms with Crippen molar-refractivity contribution in [2.24, 2.45) is 5.10 Å². The molecule has 2 rings (SSSR count). The lowest BCUT2D eigenvalue weighted by atomic mass is 10.0. The molecule has 114 valence electrons. The summed E-state index contributed by atoms with van der Waals surface area (Å²) in [6.07, 6.45) is -0.397. The van der Waals surface area contributed by atoms with Crippen molar-refractivity contribution in [3.8, 4) is 5.75 Å². The van der Waals surface area contributed by atoms with Crippen molar-refractivity contribution in [2.45, 2.75) is 31.9 Å². The average Bonchev–Trinajstić information content (AvgIpc) is 2.74. The van der Waals surface area contributed by atoms with Gasteiger partial charge in [-0.3, -0.25) is 4.79 Å². The fourth-order valence-electron chi connectivity index (χ4n) is 2.15. The van der Waals surface area contributed by atoms with Gasteiger partial charge in [-0.15, -0.1) is 0 Å². The van der Waals surface area contributed by atoms with Crippen LogP contribution in [-0.4, -0.2) is 40.5 Å². The number of hydrogen-bond donors (Lipinski definition) is 1. The number of alkyl halides is 2. The van der Waals surface area contributed by atoms with Crippen LogP contribution >= 0.6 is 0 Å². The first-order chi connectivity index (χ1) is 9.69. The molecule has 1 amide bonds.